The van der Waals surface area contributed by atoms with E-state index in [1.54, 1.807) is 6.92 Å². The van der Waals surface area contributed by atoms with Crippen LogP contribution in [0.25, 0.3) is 0 Å². The second-order valence-electron chi connectivity index (χ2n) is 3.25. The third-order valence-electron chi connectivity index (χ3n) is 2.11. The fourth-order valence-corrected chi connectivity index (χ4v) is 1.26. The van der Waals surface area contributed by atoms with Gasteiger partial charge in [0.2, 0.25) is 0 Å². The summed E-state index contributed by atoms with van der Waals surface area (Å²) in [5, 5.41) is 11.8. The number of nitrogens with one attached hydrogen (secondary N) is 1. The summed E-state index contributed by atoms with van der Waals surface area (Å²) in [7, 11) is 1.88. The largest absolute Gasteiger partial charge is 0.481 e. The maximum absolute atomic E-state index is 10.5. The first kappa shape index (κ1) is 11.4. The fourth-order valence-electron chi connectivity index (χ4n) is 1.26. The van der Waals surface area contributed by atoms with Crippen molar-refractivity contribution < 1.29 is 9.90 Å². The predicted molar refractivity (Wildman–Crippen MR) is 49.2 cm³/mol. The molecule has 0 aromatic carbocycles. The molecule has 0 fully saturated rings. The highest BCUT2D eigenvalue weighted by molar-refractivity contribution is 5.69. The summed E-state index contributed by atoms with van der Waals surface area (Å²) in [4.78, 5) is 10.5. The van der Waals surface area contributed by atoms with Crippen molar-refractivity contribution in [2.45, 2.75) is 39.2 Å². The summed E-state index contributed by atoms with van der Waals surface area (Å²) < 4.78 is 0. The van der Waals surface area contributed by atoms with Gasteiger partial charge < -0.3 is 10.4 Å². The van der Waals surface area contributed by atoms with E-state index in [-0.39, 0.29) is 5.92 Å². The maximum Gasteiger partial charge on any atom is 0.306 e. The molecule has 3 nitrogen and oxygen atoms in total. The van der Waals surface area contributed by atoms with Gasteiger partial charge >= 0.3 is 5.97 Å². The van der Waals surface area contributed by atoms with Crippen molar-refractivity contribution in [1.29, 1.82) is 0 Å². The van der Waals surface area contributed by atoms with Crippen LogP contribution in [0.15, 0.2) is 0 Å². The number of rotatable bonds is 6. The van der Waals surface area contributed by atoms with E-state index in [2.05, 4.69) is 12.2 Å². The van der Waals surface area contributed by atoms with Crippen molar-refractivity contribution in [3.8, 4) is 0 Å². The Morgan fingerprint density at radius 2 is 2.17 bits per heavy atom. The number of carboxylic acids is 1. The molecular weight excluding hydrogens is 154 g/mol. The molecule has 0 saturated carbocycles. The van der Waals surface area contributed by atoms with Crippen molar-refractivity contribution >= 4 is 5.97 Å². The second-order valence-corrected chi connectivity index (χ2v) is 3.25. The molecule has 0 saturated heterocycles. The van der Waals surface area contributed by atoms with E-state index in [1.807, 2.05) is 7.05 Å². The SMILES string of the molecule is CCCC(CC(C)C(=O)O)NC. The maximum atomic E-state index is 10.5. The molecule has 0 heterocycles. The standard InChI is InChI=1S/C9H19NO2/c1-4-5-8(10-3)6-7(2)9(11)12/h7-8,10H,4-6H2,1-3H3,(H,11,12). The Labute approximate surface area is 74.2 Å². The smallest absolute Gasteiger partial charge is 0.306 e. The first-order valence-corrected chi connectivity index (χ1v) is 4.51. The van der Waals surface area contributed by atoms with Crippen LogP contribution in [0.1, 0.15) is 33.1 Å². The molecule has 2 atom stereocenters. The summed E-state index contributed by atoms with van der Waals surface area (Å²) >= 11 is 0. The first-order chi connectivity index (χ1) is 5.61. The monoisotopic (exact) mass is 173 g/mol. The molecule has 0 amide bonds. The zero-order valence-corrected chi connectivity index (χ0v) is 8.13. The van der Waals surface area contributed by atoms with Crippen molar-refractivity contribution in [1.82, 2.24) is 5.32 Å². The Balaban J connectivity index is 3.76. The highest BCUT2D eigenvalue weighted by Crippen LogP contribution is 2.09. The lowest BCUT2D eigenvalue weighted by Gasteiger charge is -2.17. The third-order valence-corrected chi connectivity index (χ3v) is 2.11. The van der Waals surface area contributed by atoms with Crippen LogP contribution in [0, 0.1) is 5.92 Å². The van der Waals surface area contributed by atoms with Crippen molar-refractivity contribution in [3.63, 3.8) is 0 Å². The quantitative estimate of drug-likeness (QED) is 0.639. The number of aliphatic carboxylic acids is 1. The Morgan fingerprint density at radius 1 is 1.58 bits per heavy atom. The lowest BCUT2D eigenvalue weighted by atomic mass is 9.99. The van der Waals surface area contributed by atoms with E-state index in [4.69, 9.17) is 5.11 Å². The summed E-state index contributed by atoms with van der Waals surface area (Å²) in [6, 6.07) is 0.348. The molecule has 3 heteroatoms. The number of hydrogen-bond donors (Lipinski definition) is 2. The molecular formula is C9H19NO2. The van der Waals surface area contributed by atoms with E-state index in [0.29, 0.717) is 6.04 Å². The van der Waals surface area contributed by atoms with Crippen molar-refractivity contribution in [2.75, 3.05) is 7.05 Å². The Morgan fingerprint density at radius 3 is 2.50 bits per heavy atom. The Kier molecular flexibility index (Phi) is 5.72. The number of carbonyl (C=O) groups is 1. The molecule has 0 aromatic heterocycles. The highest BCUT2D eigenvalue weighted by Gasteiger charge is 2.15. The van der Waals surface area contributed by atoms with E-state index in [0.717, 1.165) is 19.3 Å². The molecule has 0 bridgehead atoms. The lowest BCUT2D eigenvalue weighted by molar-refractivity contribution is -0.141. The van der Waals surface area contributed by atoms with Crippen molar-refractivity contribution in [2.24, 2.45) is 5.92 Å². The third kappa shape index (κ3) is 4.34. The molecule has 72 valence electrons. The predicted octanol–water partition coefficient (Wildman–Crippen LogP) is 1.49. The van der Waals surface area contributed by atoms with Gasteiger partial charge in [-0.2, -0.15) is 0 Å². The summed E-state index contributed by atoms with van der Waals surface area (Å²) in [5.74, 6) is -0.944. The van der Waals surface area contributed by atoms with Gasteiger partial charge in [0.1, 0.15) is 0 Å². The molecule has 12 heavy (non-hydrogen) atoms. The Hall–Kier alpha value is -0.570. The minimum atomic E-state index is -0.702. The van der Waals surface area contributed by atoms with Crippen LogP contribution in [0.4, 0.5) is 0 Å². The van der Waals surface area contributed by atoms with E-state index < -0.39 is 5.97 Å². The van der Waals surface area contributed by atoms with Gasteiger partial charge in [-0.25, -0.2) is 0 Å². The van der Waals surface area contributed by atoms with E-state index >= 15 is 0 Å². The minimum Gasteiger partial charge on any atom is -0.481 e. The molecule has 0 rings (SSSR count). The van der Waals surface area contributed by atoms with Gasteiger partial charge in [-0.15, -0.1) is 0 Å². The van der Waals surface area contributed by atoms with Crippen LogP contribution >= 0.6 is 0 Å². The molecule has 2 N–H and O–H groups in total. The zero-order chi connectivity index (χ0) is 9.56. The molecule has 0 radical (unpaired) electrons. The first-order valence-electron chi connectivity index (χ1n) is 4.51. The second kappa shape index (κ2) is 6.00. The lowest BCUT2D eigenvalue weighted by Crippen LogP contribution is -2.29. The van der Waals surface area contributed by atoms with Gasteiger partial charge in [0.25, 0.3) is 0 Å². The van der Waals surface area contributed by atoms with Gasteiger partial charge in [-0.05, 0) is 19.9 Å². The fraction of sp³-hybridized carbons (Fsp3) is 0.889. The van der Waals surface area contributed by atoms with Crippen LogP contribution in [0.3, 0.4) is 0 Å². The Bertz CT molecular complexity index is 136. The average molecular weight is 173 g/mol. The molecule has 0 spiro atoms. The van der Waals surface area contributed by atoms with Crippen LogP contribution in [0.5, 0.6) is 0 Å². The van der Waals surface area contributed by atoms with Gasteiger partial charge in [0, 0.05) is 6.04 Å². The summed E-state index contributed by atoms with van der Waals surface area (Å²) in [6.45, 7) is 3.86. The molecule has 2 unspecified atom stereocenters. The van der Waals surface area contributed by atoms with Crippen LogP contribution in [-0.2, 0) is 4.79 Å². The van der Waals surface area contributed by atoms with Gasteiger partial charge in [0.05, 0.1) is 5.92 Å². The molecule has 0 aromatic rings. The zero-order valence-electron chi connectivity index (χ0n) is 8.13. The minimum absolute atomic E-state index is 0.242. The van der Waals surface area contributed by atoms with Gasteiger partial charge in [0.15, 0.2) is 0 Å². The van der Waals surface area contributed by atoms with Gasteiger partial charge in [-0.3, -0.25) is 4.79 Å². The van der Waals surface area contributed by atoms with E-state index in [9.17, 15) is 4.79 Å². The topological polar surface area (TPSA) is 49.3 Å². The molecule has 0 aliphatic rings. The number of hydrogen-bond acceptors (Lipinski definition) is 2. The molecule has 0 aliphatic carbocycles. The summed E-state index contributed by atoms with van der Waals surface area (Å²) in [6.07, 6.45) is 2.87. The van der Waals surface area contributed by atoms with Crippen LogP contribution < -0.4 is 5.32 Å². The number of carboxylic acid groups (broad SMARTS) is 1. The van der Waals surface area contributed by atoms with Crippen LogP contribution in [0.2, 0.25) is 0 Å². The van der Waals surface area contributed by atoms with E-state index in [1.165, 1.54) is 0 Å². The van der Waals surface area contributed by atoms with Crippen molar-refractivity contribution in [3.05, 3.63) is 0 Å². The summed E-state index contributed by atoms with van der Waals surface area (Å²) in [5.41, 5.74) is 0. The van der Waals surface area contributed by atoms with Gasteiger partial charge in [-0.1, -0.05) is 20.3 Å². The average Bonchev–Trinajstić information content (AvgIpc) is 2.03. The normalized spacial score (nSPS) is 15.6. The molecule has 0 aliphatic heterocycles. The highest BCUT2D eigenvalue weighted by atomic mass is 16.4. The van der Waals surface area contributed by atoms with Crippen LogP contribution in [-0.4, -0.2) is 24.2 Å².